The Bertz CT molecular complexity index is 709. The van der Waals surface area contributed by atoms with E-state index in [2.05, 4.69) is 10.1 Å². The largest absolute Gasteiger partial charge is 0.766 e. The van der Waals surface area contributed by atoms with E-state index in [0.29, 0.717) is 5.02 Å². The van der Waals surface area contributed by atoms with Crippen LogP contribution < -0.4 is 0 Å². The number of hydrogen-bond acceptors (Lipinski definition) is 4. The summed E-state index contributed by atoms with van der Waals surface area (Å²) in [5.41, 5.74) is 0.159. The molecule has 2 aromatic rings. The van der Waals surface area contributed by atoms with Gasteiger partial charge in [-0.25, -0.2) is 18.4 Å². The van der Waals surface area contributed by atoms with Crippen LogP contribution in [0.4, 0.5) is 8.78 Å². The van der Waals surface area contributed by atoms with Crippen molar-refractivity contribution in [2.24, 2.45) is 0 Å². The van der Waals surface area contributed by atoms with Gasteiger partial charge >= 0.3 is 0 Å². The molecule has 2 heterocycles. The number of rotatable bonds is 2. The molecule has 20 heavy (non-hydrogen) atoms. The van der Waals surface area contributed by atoms with E-state index in [-0.39, 0.29) is 17.8 Å². The second kappa shape index (κ2) is 4.87. The van der Waals surface area contributed by atoms with Crippen LogP contribution in [0.25, 0.3) is 0 Å². The number of hydrogen-bond donors (Lipinski definition) is 0. The second-order valence-electron chi connectivity index (χ2n) is 4.32. The van der Waals surface area contributed by atoms with Crippen molar-refractivity contribution in [3.63, 3.8) is 0 Å². The third kappa shape index (κ3) is 2.13. The number of aromatic nitrogens is 3. The Morgan fingerprint density at radius 1 is 1.50 bits per heavy atom. The van der Waals surface area contributed by atoms with Crippen molar-refractivity contribution < 1.29 is 17.5 Å². The topological polar surface area (TPSA) is 70.8 Å². The molecule has 1 aliphatic rings. The molecular weight excluding hydrogens is 312 g/mol. The van der Waals surface area contributed by atoms with Gasteiger partial charge < -0.3 is 4.55 Å². The van der Waals surface area contributed by atoms with E-state index in [1.54, 1.807) is 0 Å². The number of halogens is 3. The van der Waals surface area contributed by atoms with Crippen molar-refractivity contribution in [3.8, 4) is 0 Å². The summed E-state index contributed by atoms with van der Waals surface area (Å²) >= 11 is 3.15. The van der Waals surface area contributed by atoms with Gasteiger partial charge in [-0.15, -0.1) is 5.10 Å². The maximum atomic E-state index is 13.9. The Balaban J connectivity index is 2.10. The lowest BCUT2D eigenvalue weighted by Gasteiger charge is -2.13. The molecule has 5 nitrogen and oxygen atoms in total. The van der Waals surface area contributed by atoms with Gasteiger partial charge in [-0.2, -0.15) is 0 Å². The minimum Gasteiger partial charge on any atom is -0.766 e. The number of nitrogens with zero attached hydrogens (tertiary/aromatic N) is 3. The van der Waals surface area contributed by atoms with Crippen LogP contribution in [-0.2, 0) is 11.1 Å². The van der Waals surface area contributed by atoms with Crippen LogP contribution in [0.15, 0.2) is 23.4 Å². The molecule has 1 unspecified atom stereocenters. The van der Waals surface area contributed by atoms with Crippen molar-refractivity contribution in [3.05, 3.63) is 40.4 Å². The van der Waals surface area contributed by atoms with Gasteiger partial charge in [-0.1, -0.05) is 11.6 Å². The fraction of sp³-hybridized carbons (Fsp3) is 0.273. The zero-order chi connectivity index (χ0) is 14.4. The lowest BCUT2D eigenvalue weighted by Crippen LogP contribution is -2.10. The Labute approximate surface area is 119 Å². The van der Waals surface area contributed by atoms with Gasteiger partial charge in [0.15, 0.2) is 12.0 Å². The molecule has 1 aliphatic heterocycles. The van der Waals surface area contributed by atoms with E-state index in [9.17, 15) is 17.5 Å². The fourth-order valence-corrected chi connectivity index (χ4v) is 2.76. The van der Waals surface area contributed by atoms with Crippen molar-refractivity contribution in [1.82, 2.24) is 14.8 Å². The van der Waals surface area contributed by atoms with E-state index in [0.717, 1.165) is 4.68 Å². The van der Waals surface area contributed by atoms with E-state index in [1.165, 1.54) is 18.2 Å². The van der Waals surface area contributed by atoms with Crippen molar-refractivity contribution >= 4 is 22.7 Å². The van der Waals surface area contributed by atoms with Gasteiger partial charge in [-0.3, -0.25) is 4.21 Å². The highest BCUT2D eigenvalue weighted by Gasteiger charge is 2.36. The standard InChI is InChI=1S/C11H8ClF2N3O2S/c12-5-1-2-7(13)6(3-5)9-4-8(14)10-15-11(20(18)19)16-17(9)10/h1-3,8-9H,4H2,(H,18,19)/p-1/t8-,9-/m0/s1. The van der Waals surface area contributed by atoms with E-state index in [1.807, 2.05) is 0 Å². The predicted octanol–water partition coefficient (Wildman–Crippen LogP) is 2.31. The molecule has 0 N–H and O–H groups in total. The van der Waals surface area contributed by atoms with Crippen molar-refractivity contribution in [1.29, 1.82) is 0 Å². The minimum absolute atomic E-state index is 0.0572. The molecule has 3 rings (SSSR count). The first-order valence-corrected chi connectivity index (χ1v) is 7.07. The molecule has 1 aromatic heterocycles. The van der Waals surface area contributed by atoms with Crippen LogP contribution in [0.2, 0.25) is 5.02 Å². The summed E-state index contributed by atoms with van der Waals surface area (Å²) in [6.07, 6.45) is -1.55. The average Bonchev–Trinajstić information content (AvgIpc) is 2.94. The summed E-state index contributed by atoms with van der Waals surface area (Å²) in [4.78, 5) is 3.61. The average molecular weight is 319 g/mol. The maximum Gasteiger partial charge on any atom is 0.225 e. The van der Waals surface area contributed by atoms with Crippen molar-refractivity contribution in [2.75, 3.05) is 0 Å². The first-order chi connectivity index (χ1) is 9.47. The highest BCUT2D eigenvalue weighted by atomic mass is 35.5. The summed E-state index contributed by atoms with van der Waals surface area (Å²) in [7, 11) is 0. The van der Waals surface area contributed by atoms with Crippen molar-refractivity contribution in [2.45, 2.75) is 23.8 Å². The smallest absolute Gasteiger partial charge is 0.225 e. The lowest BCUT2D eigenvalue weighted by atomic mass is 10.0. The molecule has 106 valence electrons. The summed E-state index contributed by atoms with van der Waals surface area (Å²) in [6.45, 7) is 0. The fourth-order valence-electron chi connectivity index (χ4n) is 2.26. The number of fused-ring (bicyclic) bond motifs is 1. The van der Waals surface area contributed by atoms with Crippen LogP contribution in [0.5, 0.6) is 0 Å². The van der Waals surface area contributed by atoms with E-state index < -0.39 is 34.3 Å². The van der Waals surface area contributed by atoms with Gasteiger partial charge in [0.05, 0.1) is 6.04 Å². The first kappa shape index (κ1) is 13.6. The molecule has 0 saturated carbocycles. The van der Waals surface area contributed by atoms with Gasteiger partial charge in [-0.05, 0) is 18.2 Å². The zero-order valence-corrected chi connectivity index (χ0v) is 11.4. The second-order valence-corrected chi connectivity index (χ2v) is 5.59. The Kier molecular flexibility index (Phi) is 3.31. The van der Waals surface area contributed by atoms with Gasteiger partial charge in [0.1, 0.15) is 5.82 Å². The summed E-state index contributed by atoms with van der Waals surface area (Å²) < 4.78 is 50.5. The minimum atomic E-state index is -2.66. The third-order valence-electron chi connectivity index (χ3n) is 3.11. The summed E-state index contributed by atoms with van der Waals surface area (Å²) in [5, 5.41) is 3.51. The molecule has 0 amide bonds. The van der Waals surface area contributed by atoms with Crippen LogP contribution in [-0.4, -0.2) is 23.5 Å². The SMILES string of the molecule is O=S([O-])c1nc2n(n1)[C@H](c1cc(Cl)ccc1F)C[C@@H]2F. The first-order valence-electron chi connectivity index (χ1n) is 5.62. The molecular formula is C11H7ClF2N3O2S-. The third-order valence-corrected chi connectivity index (χ3v) is 3.82. The van der Waals surface area contributed by atoms with E-state index in [4.69, 9.17) is 11.6 Å². The van der Waals surface area contributed by atoms with Crippen LogP contribution in [0.1, 0.15) is 30.0 Å². The summed E-state index contributed by atoms with van der Waals surface area (Å²) in [5.74, 6) is -0.673. The highest BCUT2D eigenvalue weighted by Crippen LogP contribution is 2.40. The van der Waals surface area contributed by atoms with Gasteiger partial charge in [0, 0.05) is 28.1 Å². The molecule has 0 fully saturated rings. The maximum absolute atomic E-state index is 13.9. The highest BCUT2D eigenvalue weighted by molar-refractivity contribution is 7.78. The Morgan fingerprint density at radius 3 is 2.95 bits per heavy atom. The van der Waals surface area contributed by atoms with E-state index >= 15 is 0 Å². The Hall–Kier alpha value is -1.38. The molecule has 9 heteroatoms. The molecule has 3 atom stereocenters. The monoisotopic (exact) mass is 318 g/mol. The van der Waals surface area contributed by atoms with Crippen LogP contribution >= 0.6 is 11.6 Å². The molecule has 0 aliphatic carbocycles. The van der Waals surface area contributed by atoms with Crippen LogP contribution in [0.3, 0.4) is 0 Å². The molecule has 0 spiro atoms. The molecule has 0 saturated heterocycles. The van der Waals surface area contributed by atoms with Gasteiger partial charge in [0.2, 0.25) is 5.16 Å². The molecule has 1 aromatic carbocycles. The predicted molar refractivity (Wildman–Crippen MR) is 65.2 cm³/mol. The van der Waals surface area contributed by atoms with Crippen LogP contribution in [0, 0.1) is 5.82 Å². The van der Waals surface area contributed by atoms with Gasteiger partial charge in [0.25, 0.3) is 0 Å². The normalized spacial score (nSPS) is 22.8. The zero-order valence-electron chi connectivity index (χ0n) is 9.79. The quantitative estimate of drug-likeness (QED) is 0.797. The summed E-state index contributed by atoms with van der Waals surface area (Å²) in [6, 6.07) is 3.16. The lowest BCUT2D eigenvalue weighted by molar-refractivity contribution is 0.325. The molecule has 0 radical (unpaired) electrons. The number of alkyl halides is 1. The number of benzene rings is 1. The molecule has 0 bridgehead atoms. The Morgan fingerprint density at radius 2 is 2.25 bits per heavy atom.